The Hall–Kier alpha value is -0.810. The number of carbonyl (C=O) groups excluding carboxylic acids is 1. The molecule has 0 bridgehead atoms. The van der Waals surface area contributed by atoms with Crippen LogP contribution >= 0.6 is 23.9 Å². The van der Waals surface area contributed by atoms with Gasteiger partial charge in [-0.1, -0.05) is 0 Å². The molecule has 1 N–H and O–H groups in total. The molecule has 0 atom stereocenters. The number of amides is 1. The van der Waals surface area contributed by atoms with Crippen LogP contribution < -0.4 is 5.32 Å². The maximum absolute atomic E-state index is 11.3. The fourth-order valence-electron chi connectivity index (χ4n) is 0.827. The Morgan fingerprint density at radius 3 is 2.53 bits per heavy atom. The molecule has 0 aliphatic rings. The van der Waals surface area contributed by atoms with Crippen molar-refractivity contribution < 1.29 is 9.53 Å². The van der Waals surface area contributed by atoms with Gasteiger partial charge in [-0.05, 0) is 45.3 Å². The van der Waals surface area contributed by atoms with E-state index in [1.54, 1.807) is 6.07 Å². The molecule has 1 aromatic heterocycles. The van der Waals surface area contributed by atoms with E-state index >= 15 is 0 Å². The first-order valence-electron chi connectivity index (χ1n) is 4.30. The smallest absolute Gasteiger partial charge is 0.412 e. The molecule has 0 saturated heterocycles. The topological polar surface area (TPSA) is 51.2 Å². The monoisotopic (exact) mass is 250 g/mol. The Kier molecular flexibility index (Phi) is 5.03. The van der Waals surface area contributed by atoms with Gasteiger partial charge < -0.3 is 4.74 Å². The number of ether oxygens (including phenoxy) is 1. The van der Waals surface area contributed by atoms with Gasteiger partial charge in [-0.15, -0.1) is 12.4 Å². The van der Waals surface area contributed by atoms with Crippen molar-refractivity contribution in [2.24, 2.45) is 0 Å². The molecule has 0 unspecified atom stereocenters. The second kappa shape index (κ2) is 5.32. The van der Waals surface area contributed by atoms with Crippen molar-refractivity contribution in [3.8, 4) is 0 Å². The van der Waals surface area contributed by atoms with Gasteiger partial charge in [-0.25, -0.2) is 4.79 Å². The summed E-state index contributed by atoms with van der Waals surface area (Å²) in [6.07, 6.45) is -0.443. The van der Waals surface area contributed by atoms with Crippen LogP contribution in [0.1, 0.15) is 26.5 Å². The largest absolute Gasteiger partial charge is 0.444 e. The van der Waals surface area contributed by atoms with Crippen molar-refractivity contribution in [2.45, 2.75) is 33.3 Å². The third-order valence-corrected chi connectivity index (χ3v) is 2.05. The average molecular weight is 251 g/mol. The maximum atomic E-state index is 11.3. The summed E-state index contributed by atoms with van der Waals surface area (Å²) in [4.78, 5) is 11.3. The van der Waals surface area contributed by atoms with Gasteiger partial charge >= 0.3 is 6.09 Å². The molecule has 86 valence electrons. The number of aryl methyl sites for hydroxylation is 1. The average Bonchev–Trinajstić information content (AvgIpc) is 2.30. The van der Waals surface area contributed by atoms with E-state index in [0.717, 1.165) is 5.69 Å². The number of nitrogens with one attached hydrogen (secondary N) is 1. The summed E-state index contributed by atoms with van der Waals surface area (Å²) in [7, 11) is 0. The first kappa shape index (κ1) is 14.2. The summed E-state index contributed by atoms with van der Waals surface area (Å²) in [6, 6.07) is 1.80. The van der Waals surface area contributed by atoms with Crippen molar-refractivity contribution in [3.05, 3.63) is 11.8 Å². The van der Waals surface area contributed by atoms with Crippen LogP contribution in [0.5, 0.6) is 0 Å². The molecule has 0 spiro atoms. The van der Waals surface area contributed by atoms with Crippen molar-refractivity contribution in [1.29, 1.82) is 0 Å². The number of nitrogens with zero attached hydrogens (tertiary/aromatic N) is 1. The summed E-state index contributed by atoms with van der Waals surface area (Å²) in [5.41, 5.74) is 0.421. The Morgan fingerprint density at radius 1 is 1.53 bits per heavy atom. The Balaban J connectivity index is 0.00000196. The lowest BCUT2D eigenvalue weighted by Gasteiger charge is -2.19. The van der Waals surface area contributed by atoms with Gasteiger partial charge in [-0.3, -0.25) is 5.32 Å². The third-order valence-electron chi connectivity index (χ3n) is 1.25. The molecule has 1 heterocycles. The molecule has 6 heteroatoms. The highest BCUT2D eigenvalue weighted by Gasteiger charge is 2.16. The molecule has 1 amide bonds. The van der Waals surface area contributed by atoms with Crippen LogP contribution in [0.4, 0.5) is 9.80 Å². The normalized spacial score (nSPS) is 10.4. The van der Waals surface area contributed by atoms with Crippen LogP contribution in [0.2, 0.25) is 0 Å². The lowest BCUT2D eigenvalue weighted by molar-refractivity contribution is 0.0636. The van der Waals surface area contributed by atoms with Crippen molar-refractivity contribution in [1.82, 2.24) is 4.37 Å². The van der Waals surface area contributed by atoms with E-state index < -0.39 is 11.7 Å². The Bertz CT molecular complexity index is 333. The van der Waals surface area contributed by atoms with Crippen molar-refractivity contribution in [2.75, 3.05) is 5.32 Å². The third kappa shape index (κ3) is 5.59. The zero-order chi connectivity index (χ0) is 10.8. The van der Waals surface area contributed by atoms with Crippen molar-refractivity contribution >= 4 is 35.0 Å². The summed E-state index contributed by atoms with van der Waals surface area (Å²) >= 11 is 1.24. The molecule has 0 fully saturated rings. The van der Waals surface area contributed by atoms with E-state index in [2.05, 4.69) is 9.69 Å². The molecular weight excluding hydrogens is 236 g/mol. The van der Waals surface area contributed by atoms with Gasteiger partial charge in [0.05, 0.1) is 5.69 Å². The molecule has 0 aliphatic heterocycles. The number of aromatic nitrogens is 1. The summed E-state index contributed by atoms with van der Waals surface area (Å²) in [5, 5.41) is 3.32. The van der Waals surface area contributed by atoms with E-state index in [-0.39, 0.29) is 12.4 Å². The van der Waals surface area contributed by atoms with E-state index in [1.165, 1.54) is 11.5 Å². The molecule has 0 radical (unpaired) electrons. The fourth-order valence-corrected chi connectivity index (χ4v) is 1.47. The van der Waals surface area contributed by atoms with E-state index in [9.17, 15) is 4.79 Å². The first-order chi connectivity index (χ1) is 6.37. The second-order valence-corrected chi connectivity index (χ2v) is 4.76. The van der Waals surface area contributed by atoms with Crippen LogP contribution in [0.25, 0.3) is 0 Å². The van der Waals surface area contributed by atoms with Gasteiger partial charge in [-0.2, -0.15) is 4.37 Å². The van der Waals surface area contributed by atoms with Crippen LogP contribution in [0.3, 0.4) is 0 Å². The zero-order valence-corrected chi connectivity index (χ0v) is 10.8. The second-order valence-electron chi connectivity index (χ2n) is 3.96. The minimum absolute atomic E-state index is 0. The summed E-state index contributed by atoms with van der Waals surface area (Å²) in [6.45, 7) is 7.34. The lowest BCUT2D eigenvalue weighted by atomic mass is 10.2. The maximum Gasteiger partial charge on any atom is 0.412 e. The fraction of sp³-hybridized carbons (Fsp3) is 0.556. The number of anilines is 1. The van der Waals surface area contributed by atoms with Gasteiger partial charge in [0, 0.05) is 0 Å². The highest BCUT2D eigenvalue weighted by atomic mass is 35.5. The van der Waals surface area contributed by atoms with Crippen LogP contribution in [-0.4, -0.2) is 16.1 Å². The number of halogens is 1. The van der Waals surface area contributed by atoms with Crippen molar-refractivity contribution in [3.63, 3.8) is 0 Å². The number of hydrogen-bond acceptors (Lipinski definition) is 4. The van der Waals surface area contributed by atoms with Gasteiger partial charge in [0.25, 0.3) is 0 Å². The molecule has 1 rings (SSSR count). The minimum atomic E-state index is -0.468. The minimum Gasteiger partial charge on any atom is -0.444 e. The molecule has 0 aliphatic carbocycles. The molecule has 15 heavy (non-hydrogen) atoms. The molecule has 1 aromatic rings. The highest BCUT2D eigenvalue weighted by molar-refractivity contribution is 7.10. The van der Waals surface area contributed by atoms with Crippen LogP contribution in [0, 0.1) is 6.92 Å². The number of hydrogen-bond donors (Lipinski definition) is 1. The van der Waals surface area contributed by atoms with E-state index in [0.29, 0.717) is 5.00 Å². The zero-order valence-electron chi connectivity index (χ0n) is 9.16. The predicted octanol–water partition coefficient (Wildman–Crippen LogP) is 3.22. The summed E-state index contributed by atoms with van der Waals surface area (Å²) < 4.78 is 9.12. The predicted molar refractivity (Wildman–Crippen MR) is 64.0 cm³/mol. The lowest BCUT2D eigenvalue weighted by Crippen LogP contribution is -2.26. The van der Waals surface area contributed by atoms with E-state index in [4.69, 9.17) is 4.74 Å². The highest BCUT2D eigenvalue weighted by Crippen LogP contribution is 2.16. The van der Waals surface area contributed by atoms with Gasteiger partial charge in [0.1, 0.15) is 10.6 Å². The van der Waals surface area contributed by atoms with E-state index in [1.807, 2.05) is 27.7 Å². The number of rotatable bonds is 1. The number of carbonyl (C=O) groups is 1. The molecule has 0 aromatic carbocycles. The molecule has 4 nitrogen and oxygen atoms in total. The quantitative estimate of drug-likeness (QED) is 0.833. The standard InChI is InChI=1S/C9H14N2O2S.ClH/c1-6-5-7(14-11-6)10-8(12)13-9(2,3)4;/h5H,1-4H3,(H,10,12);1H. The Labute approximate surface area is 99.6 Å². The molecule has 0 saturated carbocycles. The van der Waals surface area contributed by atoms with Gasteiger partial charge in [0.15, 0.2) is 0 Å². The van der Waals surface area contributed by atoms with Crippen LogP contribution in [-0.2, 0) is 4.74 Å². The van der Waals surface area contributed by atoms with Crippen LogP contribution in [0.15, 0.2) is 6.07 Å². The first-order valence-corrected chi connectivity index (χ1v) is 5.07. The molecular formula is C9H15ClN2O2S. The summed E-state index contributed by atoms with van der Waals surface area (Å²) in [5.74, 6) is 0. The van der Waals surface area contributed by atoms with Gasteiger partial charge in [0.2, 0.25) is 0 Å². The Morgan fingerprint density at radius 2 is 2.13 bits per heavy atom. The SMILES string of the molecule is Cc1cc(NC(=O)OC(C)(C)C)sn1.Cl.